The first-order chi connectivity index (χ1) is 5.24. The smallest absolute Gasteiger partial charge is 0.237 e. The van der Waals surface area contributed by atoms with Crippen LogP contribution in [0.4, 0.5) is 11.4 Å². The van der Waals surface area contributed by atoms with Crippen LogP contribution in [0.15, 0.2) is 12.3 Å². The Morgan fingerprint density at radius 1 is 1.55 bits per heavy atom. The van der Waals surface area contributed by atoms with Gasteiger partial charge in [-0.1, -0.05) is 0 Å². The second kappa shape index (κ2) is 3.09. The summed E-state index contributed by atoms with van der Waals surface area (Å²) in [5.41, 5.74) is 12.0. The minimum absolute atomic E-state index is 0.446. The van der Waals surface area contributed by atoms with E-state index in [9.17, 15) is 0 Å². The van der Waals surface area contributed by atoms with Gasteiger partial charge in [0.2, 0.25) is 5.88 Å². The maximum Gasteiger partial charge on any atom is 0.237 e. The van der Waals surface area contributed by atoms with Gasteiger partial charge >= 0.3 is 0 Å². The third-order valence-corrected chi connectivity index (χ3v) is 1.18. The van der Waals surface area contributed by atoms with E-state index in [0.29, 0.717) is 23.9 Å². The fourth-order valence-electron chi connectivity index (χ4n) is 0.744. The van der Waals surface area contributed by atoms with Crippen molar-refractivity contribution in [2.75, 3.05) is 18.1 Å². The monoisotopic (exact) mass is 153 g/mol. The number of rotatable bonds is 2. The van der Waals surface area contributed by atoms with Gasteiger partial charge in [0, 0.05) is 0 Å². The highest BCUT2D eigenvalue weighted by molar-refractivity contribution is 5.55. The molecule has 1 aromatic rings. The lowest BCUT2D eigenvalue weighted by molar-refractivity contribution is 0.329. The average Bonchev–Trinajstić information content (AvgIpc) is 1.95. The maximum absolute atomic E-state index is 5.54. The van der Waals surface area contributed by atoms with Crippen LogP contribution in [0.5, 0.6) is 5.88 Å². The largest absolute Gasteiger partial charge is 0.477 e. The molecule has 0 atom stereocenters. The Morgan fingerprint density at radius 3 is 2.82 bits per heavy atom. The molecular weight excluding hydrogens is 142 g/mol. The molecule has 1 heterocycles. The molecule has 60 valence electrons. The fraction of sp³-hybridized carbons (Fsp3) is 0.286. The molecule has 0 aromatic carbocycles. The van der Waals surface area contributed by atoms with Gasteiger partial charge in [0.1, 0.15) is 0 Å². The number of pyridine rings is 1. The van der Waals surface area contributed by atoms with E-state index in [2.05, 4.69) is 4.98 Å². The fourth-order valence-corrected chi connectivity index (χ4v) is 0.744. The van der Waals surface area contributed by atoms with Crippen molar-refractivity contribution in [1.82, 2.24) is 4.98 Å². The molecule has 0 bridgehead atoms. The zero-order valence-corrected chi connectivity index (χ0v) is 6.37. The Kier molecular flexibility index (Phi) is 2.15. The summed E-state index contributed by atoms with van der Waals surface area (Å²) in [6, 6.07) is 1.62. The lowest BCUT2D eigenvalue weighted by Crippen LogP contribution is -2.00. The number of nitrogens with zero attached hydrogens (tertiary/aromatic N) is 1. The quantitative estimate of drug-likeness (QED) is 0.654. The van der Waals surface area contributed by atoms with Crippen molar-refractivity contribution in [3.05, 3.63) is 12.3 Å². The first-order valence-electron chi connectivity index (χ1n) is 3.38. The van der Waals surface area contributed by atoms with E-state index in [1.165, 1.54) is 6.20 Å². The van der Waals surface area contributed by atoms with Crippen molar-refractivity contribution < 1.29 is 4.74 Å². The molecule has 0 amide bonds. The van der Waals surface area contributed by atoms with Crippen LogP contribution in [0.25, 0.3) is 0 Å². The molecule has 0 aliphatic carbocycles. The summed E-state index contributed by atoms with van der Waals surface area (Å²) in [4.78, 5) is 3.90. The van der Waals surface area contributed by atoms with Crippen molar-refractivity contribution in [3.63, 3.8) is 0 Å². The van der Waals surface area contributed by atoms with Gasteiger partial charge in [-0.3, -0.25) is 0 Å². The van der Waals surface area contributed by atoms with E-state index in [1.54, 1.807) is 6.07 Å². The Bertz CT molecular complexity index is 249. The summed E-state index contributed by atoms with van der Waals surface area (Å²) in [6.45, 7) is 2.43. The van der Waals surface area contributed by atoms with Gasteiger partial charge in [0.25, 0.3) is 0 Å². The predicted octanol–water partition coefficient (Wildman–Crippen LogP) is 0.645. The van der Waals surface area contributed by atoms with E-state index < -0.39 is 0 Å². The van der Waals surface area contributed by atoms with Crippen LogP contribution in [0.3, 0.4) is 0 Å². The highest BCUT2D eigenvalue weighted by atomic mass is 16.5. The standard InChI is InChI=1S/C7H11N3O/c1-2-11-7-6(9)3-5(8)4-10-7/h3-4H,2,8-9H2,1H3. The van der Waals surface area contributed by atoms with Gasteiger partial charge in [0.15, 0.2) is 0 Å². The lowest BCUT2D eigenvalue weighted by Gasteiger charge is -2.04. The second-order valence-electron chi connectivity index (χ2n) is 2.10. The first kappa shape index (κ1) is 7.65. The van der Waals surface area contributed by atoms with Gasteiger partial charge in [-0.05, 0) is 13.0 Å². The van der Waals surface area contributed by atoms with Crippen LogP contribution in [-0.2, 0) is 0 Å². The second-order valence-corrected chi connectivity index (χ2v) is 2.10. The minimum Gasteiger partial charge on any atom is -0.477 e. The summed E-state index contributed by atoms with van der Waals surface area (Å²) in [6.07, 6.45) is 1.52. The Morgan fingerprint density at radius 2 is 2.27 bits per heavy atom. The molecular formula is C7H11N3O. The van der Waals surface area contributed by atoms with Gasteiger partial charge in [0.05, 0.1) is 24.2 Å². The summed E-state index contributed by atoms with van der Waals surface area (Å²) < 4.78 is 5.10. The molecule has 4 heteroatoms. The normalized spacial score (nSPS) is 9.55. The van der Waals surface area contributed by atoms with Gasteiger partial charge < -0.3 is 16.2 Å². The van der Waals surface area contributed by atoms with Crippen LogP contribution < -0.4 is 16.2 Å². The number of hydrogen-bond acceptors (Lipinski definition) is 4. The number of nitrogens with two attached hydrogens (primary N) is 2. The molecule has 4 N–H and O–H groups in total. The maximum atomic E-state index is 5.54. The molecule has 0 aliphatic heterocycles. The third-order valence-electron chi connectivity index (χ3n) is 1.18. The summed E-state index contributed by atoms with van der Waals surface area (Å²) in [5, 5.41) is 0. The van der Waals surface area contributed by atoms with E-state index in [1.807, 2.05) is 6.92 Å². The number of aromatic nitrogens is 1. The first-order valence-corrected chi connectivity index (χ1v) is 3.38. The van der Waals surface area contributed by atoms with Gasteiger partial charge in [-0.25, -0.2) is 4.98 Å². The van der Waals surface area contributed by atoms with Gasteiger partial charge in [-0.15, -0.1) is 0 Å². The summed E-state index contributed by atoms with van der Waals surface area (Å²) >= 11 is 0. The van der Waals surface area contributed by atoms with Crippen molar-refractivity contribution in [2.24, 2.45) is 0 Å². The zero-order valence-electron chi connectivity index (χ0n) is 6.37. The predicted molar refractivity (Wildman–Crippen MR) is 44.2 cm³/mol. The van der Waals surface area contributed by atoms with Crippen molar-refractivity contribution >= 4 is 11.4 Å². The lowest BCUT2D eigenvalue weighted by atomic mass is 10.4. The van der Waals surface area contributed by atoms with Crippen LogP contribution in [-0.4, -0.2) is 11.6 Å². The van der Waals surface area contributed by atoms with Crippen molar-refractivity contribution in [2.45, 2.75) is 6.92 Å². The van der Waals surface area contributed by atoms with Crippen LogP contribution in [0, 0.1) is 0 Å². The van der Waals surface area contributed by atoms with E-state index >= 15 is 0 Å². The molecule has 0 unspecified atom stereocenters. The molecule has 0 radical (unpaired) electrons. The van der Waals surface area contributed by atoms with Crippen molar-refractivity contribution in [1.29, 1.82) is 0 Å². The highest BCUT2D eigenvalue weighted by Gasteiger charge is 1.99. The summed E-state index contributed by atoms with van der Waals surface area (Å²) in [5.74, 6) is 0.446. The van der Waals surface area contributed by atoms with Gasteiger partial charge in [-0.2, -0.15) is 0 Å². The number of anilines is 2. The molecule has 1 aromatic heterocycles. The molecule has 0 spiro atoms. The van der Waals surface area contributed by atoms with E-state index in [4.69, 9.17) is 16.2 Å². The average molecular weight is 153 g/mol. The molecule has 0 saturated carbocycles. The number of ether oxygens (including phenoxy) is 1. The summed E-state index contributed by atoms with van der Waals surface area (Å²) in [7, 11) is 0. The van der Waals surface area contributed by atoms with E-state index in [-0.39, 0.29) is 0 Å². The van der Waals surface area contributed by atoms with E-state index in [0.717, 1.165) is 0 Å². The SMILES string of the molecule is CCOc1ncc(N)cc1N. The number of hydrogen-bond donors (Lipinski definition) is 2. The molecule has 11 heavy (non-hydrogen) atoms. The molecule has 0 saturated heterocycles. The molecule has 0 fully saturated rings. The minimum atomic E-state index is 0.446. The van der Waals surface area contributed by atoms with Crippen LogP contribution in [0.1, 0.15) is 6.92 Å². The molecule has 0 aliphatic rings. The van der Waals surface area contributed by atoms with Crippen LogP contribution >= 0.6 is 0 Å². The Hall–Kier alpha value is -1.45. The van der Waals surface area contributed by atoms with Crippen molar-refractivity contribution in [3.8, 4) is 5.88 Å². The molecule has 4 nitrogen and oxygen atoms in total. The molecule has 1 rings (SSSR count). The number of nitrogen functional groups attached to an aromatic ring is 2. The zero-order chi connectivity index (χ0) is 8.27. The highest BCUT2D eigenvalue weighted by Crippen LogP contribution is 2.19. The third kappa shape index (κ3) is 1.73. The Balaban J connectivity index is 2.90. The van der Waals surface area contributed by atoms with Crippen LogP contribution in [0.2, 0.25) is 0 Å². The Labute approximate surface area is 65.2 Å². The topological polar surface area (TPSA) is 74.2 Å².